The first-order valence-electron chi connectivity index (χ1n) is 10.3. The maximum atomic E-state index is 15.4. The number of esters is 1. The lowest BCUT2D eigenvalue weighted by Gasteiger charge is -2.48. The van der Waals surface area contributed by atoms with Gasteiger partial charge in [0.25, 0.3) is 0 Å². The van der Waals surface area contributed by atoms with Gasteiger partial charge in [-0.05, 0) is 62.3 Å². The number of halogens is 5. The summed E-state index contributed by atoms with van der Waals surface area (Å²) in [5, 5.41) is 0. The predicted octanol–water partition coefficient (Wildman–Crippen LogP) is 6.14. The third-order valence-corrected chi connectivity index (χ3v) is 6.67. The van der Waals surface area contributed by atoms with Crippen molar-refractivity contribution in [1.82, 2.24) is 0 Å². The molecule has 2 fully saturated rings. The molecule has 3 rings (SSSR count). The Kier molecular flexibility index (Phi) is 7.04. The molecule has 8 heteroatoms. The van der Waals surface area contributed by atoms with Crippen molar-refractivity contribution in [3.63, 3.8) is 0 Å². The number of hydrogen-bond donors (Lipinski definition) is 1. The van der Waals surface area contributed by atoms with Gasteiger partial charge in [-0.2, -0.15) is 0 Å². The van der Waals surface area contributed by atoms with Crippen molar-refractivity contribution in [3.05, 3.63) is 30.7 Å². The molecule has 5 unspecified atom stereocenters. The van der Waals surface area contributed by atoms with Crippen LogP contribution in [0.1, 0.15) is 45.4 Å². The van der Waals surface area contributed by atoms with Crippen molar-refractivity contribution in [3.8, 4) is 5.75 Å². The summed E-state index contributed by atoms with van der Waals surface area (Å²) in [4.78, 5) is 13.1. The topological polar surface area (TPSA) is 26.3 Å². The molecule has 1 aromatic carbocycles. The fourth-order valence-electron chi connectivity index (χ4n) is 4.58. The van der Waals surface area contributed by atoms with Crippen LogP contribution in [0.15, 0.2) is 29.2 Å². The largest absolute Gasteiger partial charge is 0.426 e. The van der Waals surface area contributed by atoms with Gasteiger partial charge in [0.1, 0.15) is 11.9 Å². The summed E-state index contributed by atoms with van der Waals surface area (Å²) in [7, 11) is 0. The summed E-state index contributed by atoms with van der Waals surface area (Å²) < 4.78 is 79.0. The monoisotopic (exact) mass is 449 g/mol. The molecular weight excluding hydrogens is 423 g/mol. The molecule has 2 aliphatic carbocycles. The second-order valence-electron chi connectivity index (χ2n) is 8.34. The molecule has 0 N–H and O–H groups in total. The molecule has 1 radical (unpaired) electrons. The number of thiol groups is 1. The molecule has 1 aromatic rings. The quantitative estimate of drug-likeness (QED) is 0.253. The predicted molar refractivity (Wildman–Crippen MR) is 106 cm³/mol. The zero-order valence-corrected chi connectivity index (χ0v) is 17.6. The Labute approximate surface area is 179 Å². The number of rotatable bonds is 5. The number of alkyl halides is 5. The van der Waals surface area contributed by atoms with E-state index in [1.807, 2.05) is 0 Å². The third-order valence-electron chi connectivity index (χ3n) is 6.37. The first-order chi connectivity index (χ1) is 14.1. The number of benzene rings is 1. The summed E-state index contributed by atoms with van der Waals surface area (Å²) in [6.45, 7) is 1.53. The second kappa shape index (κ2) is 9.05. The van der Waals surface area contributed by atoms with Gasteiger partial charge in [-0.15, -0.1) is 12.6 Å². The minimum absolute atomic E-state index is 0.0509. The Morgan fingerprint density at radius 2 is 1.67 bits per heavy atom. The van der Waals surface area contributed by atoms with Gasteiger partial charge >= 0.3 is 5.97 Å². The normalized spacial score (nSPS) is 39.5. The standard InChI is InChI=1S/C22H26F5O2S/c1-2-11-21(26)17(23)12-22(27,19(25)18(21)24)14-5-3-13(4-6-14)20(28)29-15-7-9-16(30)10-8-15/h7-10,12-14,17-19,30H,2-6,11H2,1H3/t13-,14-,17?,18?,19?,21?,22?. The maximum Gasteiger partial charge on any atom is 0.314 e. The molecule has 2 saturated carbocycles. The summed E-state index contributed by atoms with van der Waals surface area (Å²) >= 11 is 4.15. The highest BCUT2D eigenvalue weighted by Crippen LogP contribution is 2.52. The summed E-state index contributed by atoms with van der Waals surface area (Å²) in [6.07, 6.45) is -7.71. The van der Waals surface area contributed by atoms with Gasteiger partial charge in [0.2, 0.25) is 0 Å². The first kappa shape index (κ1) is 23.4. The SMILES string of the molecule is CCCC1(F)C(F)[CH]C(F)([C@H]2CC[C@H](C(=O)Oc3ccc(S)cc3)CC2)C(F)C1F. The fraction of sp³-hybridized carbons (Fsp3) is 0.636. The second-order valence-corrected chi connectivity index (χ2v) is 8.86. The molecule has 2 aliphatic rings. The van der Waals surface area contributed by atoms with E-state index in [2.05, 4.69) is 12.6 Å². The van der Waals surface area contributed by atoms with E-state index < -0.39 is 54.1 Å². The van der Waals surface area contributed by atoms with Gasteiger partial charge in [-0.25, -0.2) is 22.0 Å². The van der Waals surface area contributed by atoms with Crippen molar-refractivity contribution in [2.75, 3.05) is 0 Å². The molecule has 167 valence electrons. The Morgan fingerprint density at radius 1 is 1.07 bits per heavy atom. The van der Waals surface area contributed by atoms with E-state index in [0.29, 0.717) is 17.1 Å². The highest BCUT2D eigenvalue weighted by Gasteiger charge is 2.66. The molecule has 30 heavy (non-hydrogen) atoms. The molecule has 0 amide bonds. The van der Waals surface area contributed by atoms with E-state index in [4.69, 9.17) is 4.74 Å². The van der Waals surface area contributed by atoms with Crippen LogP contribution in [0.5, 0.6) is 5.75 Å². The smallest absolute Gasteiger partial charge is 0.314 e. The van der Waals surface area contributed by atoms with Crippen molar-refractivity contribution in [2.24, 2.45) is 11.8 Å². The minimum Gasteiger partial charge on any atom is -0.426 e. The van der Waals surface area contributed by atoms with E-state index >= 15 is 4.39 Å². The van der Waals surface area contributed by atoms with E-state index in [9.17, 15) is 22.4 Å². The Bertz CT molecular complexity index is 740. The summed E-state index contributed by atoms with van der Waals surface area (Å²) in [5.74, 6) is -1.69. The fourth-order valence-corrected chi connectivity index (χ4v) is 4.73. The highest BCUT2D eigenvalue weighted by atomic mass is 32.1. The minimum atomic E-state index is -3.05. The van der Waals surface area contributed by atoms with Gasteiger partial charge in [0.05, 0.1) is 5.92 Å². The van der Waals surface area contributed by atoms with E-state index in [-0.39, 0.29) is 32.1 Å². The molecule has 0 bridgehead atoms. The van der Waals surface area contributed by atoms with Crippen LogP contribution >= 0.6 is 12.6 Å². The molecule has 5 atom stereocenters. The van der Waals surface area contributed by atoms with Crippen LogP contribution in [-0.4, -0.2) is 35.8 Å². The molecule has 0 aromatic heterocycles. The molecule has 0 aliphatic heterocycles. The Morgan fingerprint density at radius 3 is 2.23 bits per heavy atom. The van der Waals surface area contributed by atoms with Gasteiger partial charge in [-0.3, -0.25) is 4.79 Å². The zero-order valence-electron chi connectivity index (χ0n) is 16.7. The highest BCUT2D eigenvalue weighted by molar-refractivity contribution is 7.80. The maximum absolute atomic E-state index is 15.4. The van der Waals surface area contributed by atoms with Crippen LogP contribution in [0.2, 0.25) is 0 Å². The van der Waals surface area contributed by atoms with Crippen LogP contribution in [0, 0.1) is 18.3 Å². The van der Waals surface area contributed by atoms with Crippen molar-refractivity contribution >= 4 is 18.6 Å². The molecule has 0 spiro atoms. The summed E-state index contributed by atoms with van der Waals surface area (Å²) in [5.41, 5.74) is -5.95. The van der Waals surface area contributed by atoms with Gasteiger partial charge in [-0.1, -0.05) is 13.3 Å². The van der Waals surface area contributed by atoms with Crippen LogP contribution in [0.4, 0.5) is 22.0 Å². The van der Waals surface area contributed by atoms with Gasteiger partial charge < -0.3 is 4.74 Å². The van der Waals surface area contributed by atoms with Gasteiger partial charge in [0, 0.05) is 11.3 Å². The van der Waals surface area contributed by atoms with Crippen LogP contribution in [0.25, 0.3) is 0 Å². The van der Waals surface area contributed by atoms with E-state index in [0.717, 1.165) is 0 Å². The average Bonchev–Trinajstić information content (AvgIpc) is 2.73. The van der Waals surface area contributed by atoms with Crippen molar-refractivity contribution in [1.29, 1.82) is 0 Å². The zero-order chi connectivity index (χ0) is 22.1. The lowest BCUT2D eigenvalue weighted by molar-refractivity contribution is -0.150. The molecule has 0 heterocycles. The lowest BCUT2D eigenvalue weighted by atomic mass is 9.63. The first-order valence-corrected chi connectivity index (χ1v) is 10.7. The summed E-state index contributed by atoms with van der Waals surface area (Å²) in [6, 6.07) is 6.52. The number of carbonyl (C=O) groups is 1. The molecule has 0 saturated heterocycles. The van der Waals surface area contributed by atoms with Crippen molar-refractivity contribution < 1.29 is 31.5 Å². The average molecular weight is 450 g/mol. The van der Waals surface area contributed by atoms with E-state index in [1.54, 1.807) is 24.3 Å². The van der Waals surface area contributed by atoms with E-state index in [1.165, 1.54) is 6.92 Å². The molecular formula is C22H26F5O2S. The van der Waals surface area contributed by atoms with Gasteiger partial charge in [0.15, 0.2) is 23.7 Å². The third kappa shape index (κ3) is 4.34. The number of ether oxygens (including phenoxy) is 1. The van der Waals surface area contributed by atoms with Crippen LogP contribution < -0.4 is 4.74 Å². The lowest BCUT2D eigenvalue weighted by Crippen LogP contribution is -2.64. The Hall–Kier alpha value is -1.31. The number of carbonyl (C=O) groups excluding carboxylic acids is 1. The van der Waals surface area contributed by atoms with Crippen LogP contribution in [0.3, 0.4) is 0 Å². The van der Waals surface area contributed by atoms with Crippen molar-refractivity contribution in [2.45, 2.75) is 80.2 Å². The number of hydrogen-bond acceptors (Lipinski definition) is 3. The van der Waals surface area contributed by atoms with Crippen LogP contribution in [-0.2, 0) is 4.79 Å². The Balaban J connectivity index is 1.62. The molecule has 2 nitrogen and oxygen atoms in total.